The summed E-state index contributed by atoms with van der Waals surface area (Å²) >= 11 is 0. The number of nitrogens with zero attached hydrogens (tertiary/aromatic N) is 1. The lowest BCUT2D eigenvalue weighted by atomic mass is 10.2. The summed E-state index contributed by atoms with van der Waals surface area (Å²) in [6.45, 7) is 3.38. The van der Waals surface area contributed by atoms with Crippen LogP contribution in [0, 0.1) is 0 Å². The van der Waals surface area contributed by atoms with Crippen LogP contribution in [0.15, 0.2) is 30.6 Å². The number of para-hydroxylation sites is 2. The number of H-pyrrole nitrogens is 1. The fraction of sp³-hybridized carbons (Fsp3) is 0.462. The van der Waals surface area contributed by atoms with Crippen molar-refractivity contribution >= 4 is 11.0 Å². The zero-order valence-electron chi connectivity index (χ0n) is 9.37. The van der Waals surface area contributed by atoms with Crippen molar-refractivity contribution in [2.45, 2.75) is 39.2 Å². The first-order valence-electron chi connectivity index (χ1n) is 5.87. The summed E-state index contributed by atoms with van der Waals surface area (Å²) in [6.07, 6.45) is 7.35. The first-order chi connectivity index (χ1) is 7.42. The number of benzene rings is 1. The van der Waals surface area contributed by atoms with E-state index in [4.69, 9.17) is 0 Å². The van der Waals surface area contributed by atoms with Gasteiger partial charge in [-0.25, -0.2) is 9.55 Å². The number of aromatic nitrogens is 2. The lowest BCUT2D eigenvalue weighted by Gasteiger charge is -1.97. The topological polar surface area (TPSA) is 19.7 Å². The Morgan fingerprint density at radius 3 is 2.87 bits per heavy atom. The highest BCUT2D eigenvalue weighted by molar-refractivity contribution is 5.70. The van der Waals surface area contributed by atoms with Crippen LogP contribution in [-0.2, 0) is 6.54 Å². The lowest BCUT2D eigenvalue weighted by Crippen LogP contribution is -2.31. The second-order valence-corrected chi connectivity index (χ2v) is 4.04. The molecule has 15 heavy (non-hydrogen) atoms. The summed E-state index contributed by atoms with van der Waals surface area (Å²) in [5, 5.41) is 0. The average Bonchev–Trinajstić information content (AvgIpc) is 2.68. The Labute approximate surface area is 90.9 Å². The predicted octanol–water partition coefficient (Wildman–Crippen LogP) is 3.04. The molecule has 0 atom stereocenters. The summed E-state index contributed by atoms with van der Waals surface area (Å²) in [5.41, 5.74) is 2.54. The van der Waals surface area contributed by atoms with Crippen LogP contribution in [0.5, 0.6) is 0 Å². The van der Waals surface area contributed by atoms with Crippen molar-refractivity contribution in [3.8, 4) is 0 Å². The zero-order chi connectivity index (χ0) is 10.5. The van der Waals surface area contributed by atoms with Gasteiger partial charge in [-0.15, -0.1) is 0 Å². The van der Waals surface area contributed by atoms with Crippen LogP contribution in [0.2, 0.25) is 0 Å². The molecule has 1 heterocycles. The van der Waals surface area contributed by atoms with E-state index >= 15 is 0 Å². The minimum absolute atomic E-state index is 1.13. The highest BCUT2D eigenvalue weighted by Gasteiger charge is 2.06. The molecule has 2 rings (SSSR count). The Bertz CT molecular complexity index is 417. The Morgan fingerprint density at radius 2 is 2.00 bits per heavy atom. The molecule has 1 aromatic carbocycles. The quantitative estimate of drug-likeness (QED) is 0.569. The van der Waals surface area contributed by atoms with Gasteiger partial charge >= 0.3 is 0 Å². The summed E-state index contributed by atoms with van der Waals surface area (Å²) in [6, 6.07) is 8.46. The van der Waals surface area contributed by atoms with Crippen LogP contribution in [0.4, 0.5) is 0 Å². The third-order valence-corrected chi connectivity index (χ3v) is 2.84. The highest BCUT2D eigenvalue weighted by atomic mass is 15.0. The minimum atomic E-state index is 1.13. The van der Waals surface area contributed by atoms with E-state index < -0.39 is 0 Å². The van der Waals surface area contributed by atoms with Gasteiger partial charge < -0.3 is 0 Å². The molecule has 2 nitrogen and oxygen atoms in total. The molecule has 0 saturated heterocycles. The van der Waals surface area contributed by atoms with Crippen molar-refractivity contribution in [1.29, 1.82) is 0 Å². The van der Waals surface area contributed by atoms with Crippen molar-refractivity contribution in [2.24, 2.45) is 0 Å². The van der Waals surface area contributed by atoms with Crippen molar-refractivity contribution in [1.82, 2.24) is 4.98 Å². The Balaban J connectivity index is 2.02. The second-order valence-electron chi connectivity index (χ2n) is 4.04. The smallest absolute Gasteiger partial charge is 0.242 e. The zero-order valence-corrected chi connectivity index (χ0v) is 9.37. The summed E-state index contributed by atoms with van der Waals surface area (Å²) < 4.78 is 2.31. The second kappa shape index (κ2) is 4.96. The molecule has 0 aliphatic carbocycles. The van der Waals surface area contributed by atoms with Gasteiger partial charge in [-0.3, -0.25) is 0 Å². The number of aryl methyl sites for hydroxylation is 1. The molecule has 0 radical (unpaired) electrons. The van der Waals surface area contributed by atoms with Gasteiger partial charge in [0.1, 0.15) is 0 Å². The molecule has 0 unspecified atom stereocenters. The lowest BCUT2D eigenvalue weighted by molar-refractivity contribution is -0.671. The fourth-order valence-corrected chi connectivity index (χ4v) is 1.96. The van der Waals surface area contributed by atoms with Gasteiger partial charge in [0.15, 0.2) is 11.0 Å². The number of rotatable bonds is 5. The van der Waals surface area contributed by atoms with Gasteiger partial charge in [-0.2, -0.15) is 0 Å². The maximum absolute atomic E-state index is 3.29. The molecule has 0 aliphatic heterocycles. The Morgan fingerprint density at radius 1 is 1.13 bits per heavy atom. The van der Waals surface area contributed by atoms with Crippen LogP contribution < -0.4 is 4.57 Å². The molecule has 0 bridgehead atoms. The van der Waals surface area contributed by atoms with Gasteiger partial charge in [0.2, 0.25) is 6.33 Å². The molecular formula is C13H19N2+. The Kier molecular flexibility index (Phi) is 3.38. The van der Waals surface area contributed by atoms with Gasteiger partial charge in [0.05, 0.1) is 6.54 Å². The number of imidazole rings is 1. The van der Waals surface area contributed by atoms with Gasteiger partial charge in [0, 0.05) is 0 Å². The fourth-order valence-electron chi connectivity index (χ4n) is 1.96. The van der Waals surface area contributed by atoms with Gasteiger partial charge in [-0.05, 0) is 25.0 Å². The van der Waals surface area contributed by atoms with E-state index in [-0.39, 0.29) is 0 Å². The number of nitrogens with one attached hydrogen (secondary N) is 1. The molecule has 0 amide bonds. The SMILES string of the molecule is CCCCCC[n+]1c[nH]c2ccccc21. The van der Waals surface area contributed by atoms with Crippen LogP contribution in [0.3, 0.4) is 0 Å². The van der Waals surface area contributed by atoms with Crippen LogP contribution >= 0.6 is 0 Å². The minimum Gasteiger partial charge on any atom is -0.243 e. The van der Waals surface area contributed by atoms with Crippen molar-refractivity contribution in [2.75, 3.05) is 0 Å². The molecule has 2 heteroatoms. The van der Waals surface area contributed by atoms with E-state index in [2.05, 4.69) is 47.1 Å². The molecule has 0 aliphatic rings. The number of aromatic amines is 1. The molecule has 2 aromatic rings. The summed E-state index contributed by atoms with van der Waals surface area (Å²) in [4.78, 5) is 3.29. The third kappa shape index (κ3) is 2.38. The largest absolute Gasteiger partial charge is 0.243 e. The first kappa shape index (κ1) is 10.2. The van der Waals surface area contributed by atoms with E-state index in [0.717, 1.165) is 6.54 Å². The van der Waals surface area contributed by atoms with Crippen LogP contribution in [0.1, 0.15) is 32.6 Å². The van der Waals surface area contributed by atoms with E-state index in [0.29, 0.717) is 0 Å². The van der Waals surface area contributed by atoms with E-state index in [1.807, 2.05) is 0 Å². The molecule has 0 saturated carbocycles. The maximum Gasteiger partial charge on any atom is 0.242 e. The maximum atomic E-state index is 3.29. The molecule has 0 spiro atoms. The van der Waals surface area contributed by atoms with Crippen LogP contribution in [-0.4, -0.2) is 4.98 Å². The summed E-state index contributed by atoms with van der Waals surface area (Å²) in [5.74, 6) is 0. The molecular weight excluding hydrogens is 184 g/mol. The molecule has 1 aromatic heterocycles. The van der Waals surface area contributed by atoms with E-state index in [9.17, 15) is 0 Å². The predicted molar refractivity (Wildman–Crippen MR) is 62.6 cm³/mol. The van der Waals surface area contributed by atoms with Gasteiger partial charge in [0.25, 0.3) is 0 Å². The third-order valence-electron chi connectivity index (χ3n) is 2.84. The standard InChI is InChI=1S/C13H18N2/c1-2-3-4-7-10-15-11-14-12-8-5-6-9-13(12)15/h5-6,8-9,11H,2-4,7,10H2,1H3/p+1. The number of hydrogen-bond donors (Lipinski definition) is 1. The van der Waals surface area contributed by atoms with Crippen molar-refractivity contribution < 1.29 is 4.57 Å². The highest BCUT2D eigenvalue weighted by Crippen LogP contribution is 2.06. The van der Waals surface area contributed by atoms with Crippen LogP contribution in [0.25, 0.3) is 11.0 Å². The van der Waals surface area contributed by atoms with Gasteiger partial charge in [-0.1, -0.05) is 31.9 Å². The normalized spacial score (nSPS) is 11.0. The average molecular weight is 203 g/mol. The Hall–Kier alpha value is -1.31. The summed E-state index contributed by atoms with van der Waals surface area (Å²) in [7, 11) is 0. The van der Waals surface area contributed by atoms with Crippen molar-refractivity contribution in [3.63, 3.8) is 0 Å². The van der Waals surface area contributed by atoms with Crippen molar-refractivity contribution in [3.05, 3.63) is 30.6 Å². The number of hydrogen-bond acceptors (Lipinski definition) is 0. The number of fused-ring (bicyclic) bond motifs is 1. The molecule has 0 fully saturated rings. The van der Waals surface area contributed by atoms with E-state index in [1.165, 1.54) is 36.7 Å². The first-order valence-corrected chi connectivity index (χ1v) is 5.87. The van der Waals surface area contributed by atoms with E-state index in [1.54, 1.807) is 0 Å². The number of unbranched alkanes of at least 4 members (excludes halogenated alkanes) is 3. The molecule has 80 valence electrons. The monoisotopic (exact) mass is 203 g/mol. The molecule has 1 N–H and O–H groups in total.